The van der Waals surface area contributed by atoms with E-state index in [-0.39, 0.29) is 29.8 Å². The molecule has 0 unspecified atom stereocenters. The van der Waals surface area contributed by atoms with Crippen molar-refractivity contribution in [1.29, 1.82) is 0 Å². The van der Waals surface area contributed by atoms with Crippen molar-refractivity contribution in [1.82, 2.24) is 0 Å². The average Bonchev–Trinajstić information content (AvgIpc) is 2.48. The molecule has 0 saturated heterocycles. The third-order valence-corrected chi connectivity index (χ3v) is 2.99. The maximum absolute atomic E-state index is 12.2. The minimum absolute atomic E-state index is 0.0831. The van der Waals surface area contributed by atoms with Crippen LogP contribution in [0, 0.1) is 0 Å². The smallest absolute Gasteiger partial charge is 0.339 e. The van der Waals surface area contributed by atoms with Gasteiger partial charge in [-0.2, -0.15) is 0 Å². The van der Waals surface area contributed by atoms with Crippen LogP contribution >= 0.6 is 0 Å². The Kier molecular flexibility index (Phi) is 6.11. The first-order valence-electron chi connectivity index (χ1n) is 7.01. The van der Waals surface area contributed by atoms with Gasteiger partial charge in [-0.25, -0.2) is 9.59 Å². The van der Waals surface area contributed by atoms with E-state index in [2.05, 4.69) is 13.2 Å². The highest BCUT2D eigenvalue weighted by molar-refractivity contribution is 6.03. The molecule has 1 rings (SSSR count). The van der Waals surface area contributed by atoms with E-state index in [1.807, 2.05) is 26.8 Å². The lowest BCUT2D eigenvalue weighted by molar-refractivity contribution is 0.0503. The minimum Gasteiger partial charge on any atom is -0.458 e. The third kappa shape index (κ3) is 4.58. The SMILES string of the molecule is C=CCOC(=O)c1ccc(C(C)(C)C)cc1C(=O)OCC=C. The number of hydrogen-bond donors (Lipinski definition) is 0. The van der Waals surface area contributed by atoms with Crippen LogP contribution in [0.3, 0.4) is 0 Å². The number of carbonyl (C=O) groups excluding carboxylic acids is 2. The molecular weight excluding hydrogens is 280 g/mol. The molecule has 22 heavy (non-hydrogen) atoms. The Morgan fingerprint density at radius 1 is 1.00 bits per heavy atom. The normalized spacial score (nSPS) is 10.7. The Labute approximate surface area is 131 Å². The molecule has 0 aliphatic heterocycles. The van der Waals surface area contributed by atoms with Gasteiger partial charge in [0.05, 0.1) is 11.1 Å². The standard InChI is InChI=1S/C18H22O4/c1-6-10-21-16(19)14-9-8-13(18(3,4)5)12-15(14)17(20)22-11-7-2/h6-9,12H,1-2,10-11H2,3-5H3. The first kappa shape index (κ1) is 17.7. The van der Waals surface area contributed by atoms with Crippen LogP contribution in [-0.4, -0.2) is 25.2 Å². The Morgan fingerprint density at radius 2 is 1.50 bits per heavy atom. The van der Waals surface area contributed by atoms with Crippen LogP contribution in [-0.2, 0) is 14.9 Å². The molecule has 0 fully saturated rings. The summed E-state index contributed by atoms with van der Waals surface area (Å²) in [4.78, 5) is 24.2. The zero-order valence-corrected chi connectivity index (χ0v) is 13.3. The van der Waals surface area contributed by atoms with Crippen LogP contribution in [0.2, 0.25) is 0 Å². The van der Waals surface area contributed by atoms with Crippen LogP contribution in [0.4, 0.5) is 0 Å². The van der Waals surface area contributed by atoms with Gasteiger partial charge in [-0.15, -0.1) is 0 Å². The molecule has 0 atom stereocenters. The number of esters is 2. The first-order chi connectivity index (χ1) is 10.3. The molecule has 0 aromatic heterocycles. The molecule has 1 aromatic rings. The van der Waals surface area contributed by atoms with Gasteiger partial charge in [0.2, 0.25) is 0 Å². The summed E-state index contributed by atoms with van der Waals surface area (Å²) in [5, 5.41) is 0. The van der Waals surface area contributed by atoms with Crippen LogP contribution < -0.4 is 0 Å². The second kappa shape index (κ2) is 7.59. The lowest BCUT2D eigenvalue weighted by atomic mass is 9.85. The van der Waals surface area contributed by atoms with Crippen molar-refractivity contribution in [2.45, 2.75) is 26.2 Å². The van der Waals surface area contributed by atoms with Crippen molar-refractivity contribution in [2.75, 3.05) is 13.2 Å². The molecule has 0 heterocycles. The molecule has 0 aliphatic rings. The van der Waals surface area contributed by atoms with Crippen LogP contribution in [0.5, 0.6) is 0 Å². The van der Waals surface area contributed by atoms with E-state index in [1.165, 1.54) is 12.2 Å². The summed E-state index contributed by atoms with van der Waals surface area (Å²) < 4.78 is 10.1. The van der Waals surface area contributed by atoms with Gasteiger partial charge >= 0.3 is 11.9 Å². The highest BCUT2D eigenvalue weighted by Crippen LogP contribution is 2.25. The largest absolute Gasteiger partial charge is 0.458 e. The molecule has 4 nitrogen and oxygen atoms in total. The molecule has 0 amide bonds. The zero-order valence-electron chi connectivity index (χ0n) is 13.3. The maximum Gasteiger partial charge on any atom is 0.339 e. The number of benzene rings is 1. The second-order valence-corrected chi connectivity index (χ2v) is 5.78. The van der Waals surface area contributed by atoms with Crippen molar-refractivity contribution in [3.63, 3.8) is 0 Å². The van der Waals surface area contributed by atoms with E-state index in [9.17, 15) is 9.59 Å². The number of carbonyl (C=O) groups is 2. The van der Waals surface area contributed by atoms with Gasteiger partial charge in [0, 0.05) is 0 Å². The molecule has 0 N–H and O–H groups in total. The van der Waals surface area contributed by atoms with Crippen LogP contribution in [0.25, 0.3) is 0 Å². The molecule has 0 aliphatic carbocycles. The molecule has 0 spiro atoms. The Balaban J connectivity index is 3.24. The summed E-state index contributed by atoms with van der Waals surface area (Å²) in [7, 11) is 0. The molecular formula is C18H22O4. The number of ether oxygens (including phenoxy) is 2. The maximum atomic E-state index is 12.2. The fourth-order valence-electron chi connectivity index (χ4n) is 1.78. The van der Waals surface area contributed by atoms with Gasteiger partial charge in [0.1, 0.15) is 13.2 Å². The predicted molar refractivity (Wildman–Crippen MR) is 86.1 cm³/mol. The quantitative estimate of drug-likeness (QED) is 0.594. The monoisotopic (exact) mass is 302 g/mol. The van der Waals surface area contributed by atoms with Crippen molar-refractivity contribution < 1.29 is 19.1 Å². The lowest BCUT2D eigenvalue weighted by Crippen LogP contribution is -2.18. The fourth-order valence-corrected chi connectivity index (χ4v) is 1.78. The topological polar surface area (TPSA) is 52.6 Å². The molecule has 0 radical (unpaired) electrons. The van der Waals surface area contributed by atoms with Gasteiger partial charge in [-0.05, 0) is 23.1 Å². The van der Waals surface area contributed by atoms with E-state index < -0.39 is 11.9 Å². The van der Waals surface area contributed by atoms with E-state index in [0.717, 1.165) is 5.56 Å². The third-order valence-electron chi connectivity index (χ3n) is 2.99. The van der Waals surface area contributed by atoms with E-state index in [0.29, 0.717) is 0 Å². The van der Waals surface area contributed by atoms with E-state index in [4.69, 9.17) is 9.47 Å². The molecule has 4 heteroatoms. The Morgan fingerprint density at radius 3 is 1.95 bits per heavy atom. The van der Waals surface area contributed by atoms with Gasteiger partial charge in [-0.1, -0.05) is 52.1 Å². The summed E-state index contributed by atoms with van der Waals surface area (Å²) in [6.45, 7) is 13.2. The van der Waals surface area contributed by atoms with Gasteiger partial charge in [0.25, 0.3) is 0 Å². The Hall–Kier alpha value is -2.36. The zero-order chi connectivity index (χ0) is 16.8. The second-order valence-electron chi connectivity index (χ2n) is 5.78. The highest BCUT2D eigenvalue weighted by Gasteiger charge is 2.23. The molecule has 1 aromatic carbocycles. The van der Waals surface area contributed by atoms with Crippen molar-refractivity contribution in [3.8, 4) is 0 Å². The van der Waals surface area contributed by atoms with E-state index in [1.54, 1.807) is 12.1 Å². The molecule has 118 valence electrons. The van der Waals surface area contributed by atoms with Gasteiger partial charge in [-0.3, -0.25) is 0 Å². The van der Waals surface area contributed by atoms with Crippen molar-refractivity contribution in [3.05, 3.63) is 60.2 Å². The summed E-state index contributed by atoms with van der Waals surface area (Å²) in [5.74, 6) is -1.15. The number of rotatable bonds is 6. The summed E-state index contributed by atoms with van der Waals surface area (Å²) in [5.41, 5.74) is 1.15. The van der Waals surface area contributed by atoms with Crippen molar-refractivity contribution in [2.24, 2.45) is 0 Å². The fraction of sp³-hybridized carbons (Fsp3) is 0.333. The highest BCUT2D eigenvalue weighted by atomic mass is 16.5. The van der Waals surface area contributed by atoms with E-state index >= 15 is 0 Å². The minimum atomic E-state index is -0.578. The Bertz CT molecular complexity index is 579. The summed E-state index contributed by atoms with van der Waals surface area (Å²) >= 11 is 0. The number of hydrogen-bond acceptors (Lipinski definition) is 4. The lowest BCUT2D eigenvalue weighted by Gasteiger charge is -2.20. The average molecular weight is 302 g/mol. The first-order valence-corrected chi connectivity index (χ1v) is 7.01. The van der Waals surface area contributed by atoms with Gasteiger partial charge in [0.15, 0.2) is 0 Å². The van der Waals surface area contributed by atoms with Gasteiger partial charge < -0.3 is 9.47 Å². The summed E-state index contributed by atoms with van der Waals surface area (Å²) in [6, 6.07) is 5.08. The van der Waals surface area contributed by atoms with Crippen LogP contribution in [0.15, 0.2) is 43.5 Å². The molecule has 0 bridgehead atoms. The van der Waals surface area contributed by atoms with Crippen molar-refractivity contribution >= 4 is 11.9 Å². The predicted octanol–water partition coefficient (Wildman–Crippen LogP) is 3.67. The summed E-state index contributed by atoms with van der Waals surface area (Å²) in [6.07, 6.45) is 2.94. The molecule has 0 saturated carbocycles. The van der Waals surface area contributed by atoms with Crippen LogP contribution in [0.1, 0.15) is 47.1 Å².